The fourth-order valence-corrected chi connectivity index (χ4v) is 4.25. The molecule has 6 nitrogen and oxygen atoms in total. The lowest BCUT2D eigenvalue weighted by Gasteiger charge is -2.19. The van der Waals surface area contributed by atoms with E-state index in [2.05, 4.69) is 10.1 Å². The predicted molar refractivity (Wildman–Crippen MR) is 112 cm³/mol. The Morgan fingerprint density at radius 3 is 2.47 bits per heavy atom. The molecule has 2 rings (SSSR count). The van der Waals surface area contributed by atoms with E-state index in [0.717, 1.165) is 0 Å². The molecule has 2 aromatic carbocycles. The summed E-state index contributed by atoms with van der Waals surface area (Å²) in [5, 5.41) is 2.63. The molecule has 0 heterocycles. The van der Waals surface area contributed by atoms with Gasteiger partial charge in [0.2, 0.25) is 15.9 Å². The molecule has 1 N–H and O–H groups in total. The van der Waals surface area contributed by atoms with E-state index in [1.807, 2.05) is 0 Å². The Hall–Kier alpha value is -2.78. The fraction of sp³-hybridized carbons (Fsp3) is 0.286. The third kappa shape index (κ3) is 5.87. The Labute approximate surface area is 175 Å². The molecule has 162 valence electrons. The number of hydrogen-bond donors (Lipinski definition) is 1. The van der Waals surface area contributed by atoms with Gasteiger partial charge in [0.1, 0.15) is 5.75 Å². The van der Waals surface area contributed by atoms with Crippen LogP contribution in [0.1, 0.15) is 25.0 Å². The zero-order valence-corrected chi connectivity index (χ0v) is 17.7. The van der Waals surface area contributed by atoms with Crippen LogP contribution < -0.4 is 10.1 Å². The van der Waals surface area contributed by atoms with Crippen molar-refractivity contribution in [1.29, 1.82) is 0 Å². The first kappa shape index (κ1) is 23.5. The highest BCUT2D eigenvalue weighted by Crippen LogP contribution is 2.24. The Morgan fingerprint density at radius 2 is 1.83 bits per heavy atom. The van der Waals surface area contributed by atoms with Crippen LogP contribution in [0.2, 0.25) is 0 Å². The lowest BCUT2D eigenvalue weighted by Crippen LogP contribution is -2.30. The molecule has 0 radical (unpaired) electrons. The van der Waals surface area contributed by atoms with Crippen molar-refractivity contribution >= 4 is 27.7 Å². The van der Waals surface area contributed by atoms with E-state index < -0.39 is 22.5 Å². The molecule has 0 atom stereocenters. The molecule has 9 heteroatoms. The molecule has 0 spiro atoms. The van der Waals surface area contributed by atoms with Crippen LogP contribution in [0.3, 0.4) is 0 Å². The van der Waals surface area contributed by atoms with Gasteiger partial charge in [-0.3, -0.25) is 4.79 Å². The minimum Gasteiger partial charge on any atom is -0.434 e. The van der Waals surface area contributed by atoms with Gasteiger partial charge in [-0.1, -0.05) is 38.1 Å². The number of amides is 1. The number of carbonyl (C=O) groups excluding carboxylic acids is 1. The largest absolute Gasteiger partial charge is 0.434 e. The second kappa shape index (κ2) is 10.3. The van der Waals surface area contributed by atoms with Crippen molar-refractivity contribution in [3.63, 3.8) is 0 Å². The van der Waals surface area contributed by atoms with E-state index in [1.54, 1.807) is 39.0 Å². The quantitative estimate of drug-likeness (QED) is 0.593. The summed E-state index contributed by atoms with van der Waals surface area (Å²) in [6.45, 7) is 2.91. The Balaban J connectivity index is 2.23. The van der Waals surface area contributed by atoms with Gasteiger partial charge in [0.25, 0.3) is 0 Å². The molecule has 30 heavy (non-hydrogen) atoms. The maximum absolute atomic E-state index is 12.7. The van der Waals surface area contributed by atoms with Crippen LogP contribution in [0.25, 0.3) is 6.08 Å². The molecular weight excluding hydrogens is 414 g/mol. The minimum absolute atomic E-state index is 0.0555. The summed E-state index contributed by atoms with van der Waals surface area (Å²) in [6, 6.07) is 10.6. The number of hydrogen-bond acceptors (Lipinski definition) is 4. The summed E-state index contributed by atoms with van der Waals surface area (Å²) >= 11 is 0. The number of anilines is 1. The van der Waals surface area contributed by atoms with Gasteiger partial charge in [-0.05, 0) is 36.8 Å². The highest BCUT2D eigenvalue weighted by atomic mass is 32.2. The highest BCUT2D eigenvalue weighted by Gasteiger charge is 2.22. The Morgan fingerprint density at radius 1 is 1.17 bits per heavy atom. The van der Waals surface area contributed by atoms with Gasteiger partial charge in [0.15, 0.2) is 0 Å². The maximum Gasteiger partial charge on any atom is 0.387 e. The Bertz CT molecular complexity index is 1020. The van der Waals surface area contributed by atoms with E-state index in [0.29, 0.717) is 29.9 Å². The van der Waals surface area contributed by atoms with Crippen LogP contribution in [-0.2, 0) is 14.8 Å². The molecule has 0 fully saturated rings. The molecule has 0 aliphatic carbocycles. The number of alkyl halides is 2. The van der Waals surface area contributed by atoms with Crippen LogP contribution >= 0.6 is 0 Å². The zero-order chi connectivity index (χ0) is 22.3. The summed E-state index contributed by atoms with van der Waals surface area (Å²) in [5.41, 5.74) is 1.33. The number of ether oxygens (including phenoxy) is 1. The Kier molecular flexibility index (Phi) is 8.08. The number of halogens is 2. The van der Waals surface area contributed by atoms with Crippen LogP contribution in [0, 0.1) is 6.92 Å². The molecule has 0 aromatic heterocycles. The van der Waals surface area contributed by atoms with Crippen molar-refractivity contribution in [2.24, 2.45) is 0 Å². The summed E-state index contributed by atoms with van der Waals surface area (Å²) in [4.78, 5) is 12.4. The van der Waals surface area contributed by atoms with Gasteiger partial charge in [-0.15, -0.1) is 0 Å². The predicted octanol–water partition coefficient (Wildman–Crippen LogP) is 4.28. The maximum atomic E-state index is 12.7. The number of rotatable bonds is 9. The van der Waals surface area contributed by atoms with Gasteiger partial charge in [0.05, 0.1) is 4.90 Å². The lowest BCUT2D eigenvalue weighted by molar-refractivity contribution is -0.111. The molecular formula is C21H24F2N2O4S. The molecule has 0 saturated carbocycles. The summed E-state index contributed by atoms with van der Waals surface area (Å²) in [6.07, 6.45) is 2.51. The van der Waals surface area contributed by atoms with Crippen molar-refractivity contribution in [2.45, 2.75) is 32.3 Å². The first-order chi connectivity index (χ1) is 14.2. The molecule has 1 amide bonds. The third-order valence-corrected chi connectivity index (χ3v) is 6.41. The number of benzene rings is 2. The van der Waals surface area contributed by atoms with Crippen LogP contribution in [-0.4, -0.2) is 38.3 Å². The van der Waals surface area contributed by atoms with E-state index in [-0.39, 0.29) is 10.6 Å². The van der Waals surface area contributed by atoms with Gasteiger partial charge in [-0.25, -0.2) is 8.42 Å². The van der Waals surface area contributed by atoms with Crippen LogP contribution in [0.5, 0.6) is 5.75 Å². The van der Waals surface area contributed by atoms with Gasteiger partial charge in [0, 0.05) is 30.4 Å². The van der Waals surface area contributed by atoms with E-state index in [9.17, 15) is 22.0 Å². The normalized spacial score (nSPS) is 12.0. The molecule has 0 bridgehead atoms. The molecule has 0 aliphatic rings. The number of para-hydroxylation sites is 1. The first-order valence-corrected chi connectivity index (χ1v) is 10.8. The van der Waals surface area contributed by atoms with Crippen molar-refractivity contribution in [3.8, 4) is 5.75 Å². The van der Waals surface area contributed by atoms with Gasteiger partial charge in [-0.2, -0.15) is 13.1 Å². The van der Waals surface area contributed by atoms with E-state index >= 15 is 0 Å². The van der Waals surface area contributed by atoms with Crippen molar-refractivity contribution in [1.82, 2.24) is 4.31 Å². The van der Waals surface area contributed by atoms with Crippen LogP contribution in [0.15, 0.2) is 53.4 Å². The average Bonchev–Trinajstić information content (AvgIpc) is 2.69. The summed E-state index contributed by atoms with van der Waals surface area (Å²) in [5.74, 6) is -0.595. The van der Waals surface area contributed by atoms with Crippen LogP contribution in [0.4, 0.5) is 14.5 Å². The highest BCUT2D eigenvalue weighted by molar-refractivity contribution is 7.89. The second-order valence-electron chi connectivity index (χ2n) is 6.30. The zero-order valence-electron chi connectivity index (χ0n) is 16.9. The van der Waals surface area contributed by atoms with Gasteiger partial charge < -0.3 is 10.1 Å². The number of sulfonamides is 1. The van der Waals surface area contributed by atoms with E-state index in [1.165, 1.54) is 40.7 Å². The number of aryl methyl sites for hydroxylation is 1. The minimum atomic E-state index is -3.67. The second-order valence-corrected chi connectivity index (χ2v) is 8.24. The number of carbonyl (C=O) groups is 1. The summed E-state index contributed by atoms with van der Waals surface area (Å²) < 4.78 is 56.1. The molecule has 2 aromatic rings. The number of nitrogens with one attached hydrogen (secondary N) is 1. The lowest BCUT2D eigenvalue weighted by atomic mass is 10.1. The smallest absolute Gasteiger partial charge is 0.387 e. The van der Waals surface area contributed by atoms with Crippen molar-refractivity contribution in [2.75, 3.05) is 18.4 Å². The fourth-order valence-electron chi connectivity index (χ4n) is 2.77. The molecule has 0 unspecified atom stereocenters. The van der Waals surface area contributed by atoms with Gasteiger partial charge >= 0.3 is 6.61 Å². The SMILES string of the molecule is CCN(CC)S(=O)(=O)c1ccc(C)c(NC(=O)/C=C/c2ccccc2OC(F)F)c1. The molecule has 0 saturated heterocycles. The topological polar surface area (TPSA) is 75.7 Å². The number of nitrogens with zero attached hydrogens (tertiary/aromatic N) is 1. The first-order valence-electron chi connectivity index (χ1n) is 9.32. The van der Waals surface area contributed by atoms with Crippen molar-refractivity contribution < 1.29 is 26.7 Å². The van der Waals surface area contributed by atoms with E-state index in [4.69, 9.17) is 0 Å². The average molecular weight is 438 g/mol. The third-order valence-electron chi connectivity index (χ3n) is 4.36. The monoisotopic (exact) mass is 438 g/mol. The van der Waals surface area contributed by atoms with Crippen molar-refractivity contribution in [3.05, 3.63) is 59.7 Å². The molecule has 0 aliphatic heterocycles. The standard InChI is InChI=1S/C21H24F2N2O4S/c1-4-25(5-2)30(27,28)17-12-10-15(3)18(14-17)24-20(26)13-11-16-8-6-7-9-19(16)29-21(22)23/h6-14,21H,4-5H2,1-3H3,(H,24,26)/b13-11+. The summed E-state index contributed by atoms with van der Waals surface area (Å²) in [7, 11) is -3.67.